The average molecular weight is 279 g/mol. The first-order valence-electron chi connectivity index (χ1n) is 7.11. The maximum atomic E-state index is 11.8. The van der Waals surface area contributed by atoms with E-state index in [9.17, 15) is 4.79 Å². The Morgan fingerprint density at radius 3 is 2.90 bits per heavy atom. The average Bonchev–Trinajstić information content (AvgIpc) is 2.80. The fraction of sp³-hybridized carbons (Fsp3) is 0.692. The number of rotatable bonds is 4. The molecule has 1 amide bonds. The number of anilines is 1. The molecule has 20 heavy (non-hydrogen) atoms. The van der Waals surface area contributed by atoms with E-state index in [0.29, 0.717) is 18.5 Å². The van der Waals surface area contributed by atoms with Crippen molar-refractivity contribution in [3.8, 4) is 0 Å². The lowest BCUT2D eigenvalue weighted by atomic mass is 10.1. The Labute approximate surface area is 118 Å². The van der Waals surface area contributed by atoms with E-state index in [-0.39, 0.29) is 5.91 Å². The molecule has 1 aromatic heterocycles. The molecule has 3 rings (SSSR count). The van der Waals surface area contributed by atoms with Crippen LogP contribution in [0.4, 0.5) is 5.88 Å². The van der Waals surface area contributed by atoms with Gasteiger partial charge in [0.1, 0.15) is 0 Å². The number of amides is 1. The molecule has 0 aromatic carbocycles. The molecule has 2 fully saturated rings. The van der Waals surface area contributed by atoms with Crippen LogP contribution in [0.15, 0.2) is 10.6 Å². The Kier molecular flexibility index (Phi) is 4.00. The van der Waals surface area contributed by atoms with E-state index < -0.39 is 0 Å². The first kappa shape index (κ1) is 13.5. The van der Waals surface area contributed by atoms with Gasteiger partial charge in [-0.1, -0.05) is 5.16 Å². The van der Waals surface area contributed by atoms with Crippen molar-refractivity contribution in [2.45, 2.75) is 13.0 Å². The van der Waals surface area contributed by atoms with Gasteiger partial charge in [0.05, 0.1) is 12.2 Å². The van der Waals surface area contributed by atoms with Crippen LogP contribution in [-0.4, -0.2) is 72.7 Å². The fourth-order valence-corrected chi connectivity index (χ4v) is 2.75. The Hall–Kier alpha value is -1.44. The van der Waals surface area contributed by atoms with E-state index in [4.69, 9.17) is 4.52 Å². The van der Waals surface area contributed by atoms with Gasteiger partial charge < -0.3 is 9.84 Å². The minimum absolute atomic E-state index is 0.0417. The molecule has 0 radical (unpaired) electrons. The highest BCUT2D eigenvalue weighted by Crippen LogP contribution is 2.15. The van der Waals surface area contributed by atoms with Crippen molar-refractivity contribution in [1.82, 2.24) is 20.3 Å². The van der Waals surface area contributed by atoms with E-state index in [0.717, 1.165) is 45.0 Å². The lowest BCUT2D eigenvalue weighted by Gasteiger charge is -2.46. The second-order valence-corrected chi connectivity index (χ2v) is 5.51. The Balaban J connectivity index is 1.38. The topological polar surface area (TPSA) is 73.6 Å². The summed E-state index contributed by atoms with van der Waals surface area (Å²) in [7, 11) is 0. The van der Waals surface area contributed by atoms with Crippen LogP contribution in [0.5, 0.6) is 0 Å². The first-order chi connectivity index (χ1) is 9.70. The molecule has 0 bridgehead atoms. The van der Waals surface area contributed by atoms with Crippen molar-refractivity contribution >= 4 is 11.8 Å². The lowest BCUT2D eigenvalue weighted by Crippen LogP contribution is -2.63. The van der Waals surface area contributed by atoms with E-state index in [1.54, 1.807) is 6.07 Å². The third kappa shape index (κ3) is 3.17. The van der Waals surface area contributed by atoms with Gasteiger partial charge in [-0.15, -0.1) is 0 Å². The van der Waals surface area contributed by atoms with Crippen molar-refractivity contribution in [2.24, 2.45) is 0 Å². The van der Waals surface area contributed by atoms with Crippen LogP contribution in [0.1, 0.15) is 5.69 Å². The SMILES string of the molecule is Cc1cc(NC(=O)CN2CC(N3CCNCC3)C2)on1. The number of aromatic nitrogens is 1. The van der Waals surface area contributed by atoms with Crippen LogP contribution >= 0.6 is 0 Å². The Bertz CT molecular complexity index is 463. The van der Waals surface area contributed by atoms with E-state index in [2.05, 4.69) is 25.6 Å². The maximum absolute atomic E-state index is 11.8. The minimum Gasteiger partial charge on any atom is -0.338 e. The van der Waals surface area contributed by atoms with Crippen LogP contribution in [0.2, 0.25) is 0 Å². The molecule has 7 nitrogen and oxygen atoms in total. The number of hydrogen-bond acceptors (Lipinski definition) is 6. The summed E-state index contributed by atoms with van der Waals surface area (Å²) in [5, 5.41) is 9.82. The quantitative estimate of drug-likeness (QED) is 0.775. The number of hydrogen-bond donors (Lipinski definition) is 2. The highest BCUT2D eigenvalue weighted by atomic mass is 16.5. The second-order valence-electron chi connectivity index (χ2n) is 5.51. The summed E-state index contributed by atoms with van der Waals surface area (Å²) >= 11 is 0. The van der Waals surface area contributed by atoms with Gasteiger partial charge in [-0.3, -0.25) is 19.9 Å². The van der Waals surface area contributed by atoms with E-state index in [1.807, 2.05) is 6.92 Å². The van der Waals surface area contributed by atoms with Gasteiger partial charge in [-0.2, -0.15) is 0 Å². The summed E-state index contributed by atoms with van der Waals surface area (Å²) in [6.07, 6.45) is 0. The monoisotopic (exact) mass is 279 g/mol. The summed E-state index contributed by atoms with van der Waals surface area (Å²) in [5.41, 5.74) is 0.767. The van der Waals surface area contributed by atoms with Crippen molar-refractivity contribution in [3.63, 3.8) is 0 Å². The smallest absolute Gasteiger partial charge is 0.240 e. The first-order valence-corrected chi connectivity index (χ1v) is 7.11. The standard InChI is InChI=1S/C13H21N5O2/c1-10-6-13(20-16-10)15-12(19)9-17-7-11(8-17)18-4-2-14-3-5-18/h6,11,14H,2-5,7-9H2,1H3,(H,15,19). The van der Waals surface area contributed by atoms with E-state index in [1.165, 1.54) is 0 Å². The summed E-state index contributed by atoms with van der Waals surface area (Å²) in [4.78, 5) is 16.5. The number of likely N-dealkylation sites (tertiary alicyclic amines) is 1. The molecular formula is C13H21N5O2. The lowest BCUT2D eigenvalue weighted by molar-refractivity contribution is -0.119. The molecule has 3 heterocycles. The second kappa shape index (κ2) is 5.90. The third-order valence-corrected chi connectivity index (χ3v) is 3.86. The van der Waals surface area contributed by atoms with Crippen molar-refractivity contribution in [2.75, 3.05) is 51.1 Å². The minimum atomic E-state index is -0.0417. The zero-order valence-electron chi connectivity index (χ0n) is 11.8. The molecule has 2 aliphatic rings. The predicted molar refractivity (Wildman–Crippen MR) is 74.5 cm³/mol. The molecule has 0 aliphatic carbocycles. The van der Waals surface area contributed by atoms with Gasteiger partial charge in [0, 0.05) is 51.4 Å². The molecule has 2 N–H and O–H groups in total. The number of carbonyl (C=O) groups excluding carboxylic acids is 1. The van der Waals surface area contributed by atoms with Crippen LogP contribution in [0.25, 0.3) is 0 Å². The van der Waals surface area contributed by atoms with Gasteiger partial charge in [0.15, 0.2) is 0 Å². The molecule has 2 aliphatic heterocycles. The Morgan fingerprint density at radius 2 is 2.25 bits per heavy atom. The summed E-state index contributed by atoms with van der Waals surface area (Å²) in [6.45, 7) is 8.56. The third-order valence-electron chi connectivity index (χ3n) is 3.86. The van der Waals surface area contributed by atoms with Crippen LogP contribution in [0, 0.1) is 6.92 Å². The number of piperazine rings is 1. The van der Waals surface area contributed by atoms with Crippen LogP contribution < -0.4 is 10.6 Å². The molecule has 0 atom stereocenters. The van der Waals surface area contributed by atoms with Gasteiger partial charge in [0.2, 0.25) is 11.8 Å². The van der Waals surface area contributed by atoms with Crippen molar-refractivity contribution < 1.29 is 9.32 Å². The van der Waals surface area contributed by atoms with Crippen molar-refractivity contribution in [3.05, 3.63) is 11.8 Å². The maximum Gasteiger partial charge on any atom is 0.240 e. The molecule has 0 saturated carbocycles. The van der Waals surface area contributed by atoms with E-state index >= 15 is 0 Å². The largest absolute Gasteiger partial charge is 0.338 e. The van der Waals surface area contributed by atoms with Gasteiger partial charge in [-0.25, -0.2) is 0 Å². The molecule has 1 aromatic rings. The number of nitrogens with one attached hydrogen (secondary N) is 2. The summed E-state index contributed by atoms with van der Waals surface area (Å²) < 4.78 is 4.97. The predicted octanol–water partition coefficient (Wildman–Crippen LogP) is -0.489. The highest BCUT2D eigenvalue weighted by Gasteiger charge is 2.33. The van der Waals surface area contributed by atoms with Crippen molar-refractivity contribution in [1.29, 1.82) is 0 Å². The number of carbonyl (C=O) groups is 1. The molecule has 0 spiro atoms. The van der Waals surface area contributed by atoms with Crippen LogP contribution in [0.3, 0.4) is 0 Å². The molecule has 2 saturated heterocycles. The summed E-state index contributed by atoms with van der Waals surface area (Å²) in [6, 6.07) is 2.33. The molecular weight excluding hydrogens is 258 g/mol. The van der Waals surface area contributed by atoms with Gasteiger partial charge in [0.25, 0.3) is 0 Å². The molecule has 110 valence electrons. The fourth-order valence-electron chi connectivity index (χ4n) is 2.75. The number of aryl methyl sites for hydroxylation is 1. The van der Waals surface area contributed by atoms with Gasteiger partial charge in [-0.05, 0) is 6.92 Å². The highest BCUT2D eigenvalue weighted by molar-refractivity contribution is 5.91. The zero-order chi connectivity index (χ0) is 13.9. The summed E-state index contributed by atoms with van der Waals surface area (Å²) in [5.74, 6) is 0.381. The van der Waals surface area contributed by atoms with Gasteiger partial charge >= 0.3 is 0 Å². The normalized spacial score (nSPS) is 21.6. The number of nitrogens with zero attached hydrogens (tertiary/aromatic N) is 3. The van der Waals surface area contributed by atoms with Crippen LogP contribution in [-0.2, 0) is 4.79 Å². The Morgan fingerprint density at radius 1 is 1.50 bits per heavy atom. The molecule has 0 unspecified atom stereocenters. The zero-order valence-corrected chi connectivity index (χ0v) is 11.8. The molecule has 7 heteroatoms.